The molecule has 0 N–H and O–H groups in total. The molecule has 1 amide bonds. The van der Waals surface area contributed by atoms with E-state index in [0.29, 0.717) is 17.9 Å². The Balaban J connectivity index is 1.75. The smallest absolute Gasteiger partial charge is 0.263 e. The minimum atomic E-state index is -0.0840. The van der Waals surface area contributed by atoms with Gasteiger partial charge in [-0.05, 0) is 36.6 Å². The lowest BCUT2D eigenvalue weighted by molar-refractivity contribution is 0.0981. The number of aromatic nitrogens is 3. The van der Waals surface area contributed by atoms with Gasteiger partial charge in [0.1, 0.15) is 11.6 Å². The maximum atomic E-state index is 13.2. The van der Waals surface area contributed by atoms with Crippen molar-refractivity contribution < 1.29 is 9.53 Å². The van der Waals surface area contributed by atoms with Crippen LogP contribution in [0.3, 0.4) is 0 Å². The number of pyridine rings is 1. The highest BCUT2D eigenvalue weighted by Crippen LogP contribution is 2.31. The lowest BCUT2D eigenvalue weighted by atomic mass is 10.0. The number of hydrogen-bond acceptors (Lipinski definition) is 4. The predicted molar refractivity (Wildman–Crippen MR) is 99.4 cm³/mol. The molecule has 4 rings (SSSR count). The van der Waals surface area contributed by atoms with Crippen molar-refractivity contribution in [1.29, 1.82) is 0 Å². The fourth-order valence-corrected chi connectivity index (χ4v) is 3.32. The summed E-state index contributed by atoms with van der Waals surface area (Å²) in [5.41, 5.74) is 3.39. The summed E-state index contributed by atoms with van der Waals surface area (Å²) in [5, 5.41) is 4.21. The molecule has 0 saturated heterocycles. The van der Waals surface area contributed by atoms with Gasteiger partial charge >= 0.3 is 0 Å². The van der Waals surface area contributed by atoms with E-state index in [-0.39, 0.29) is 5.91 Å². The highest BCUT2D eigenvalue weighted by molar-refractivity contribution is 6.08. The van der Waals surface area contributed by atoms with Crippen molar-refractivity contribution >= 4 is 11.7 Å². The maximum Gasteiger partial charge on any atom is 0.263 e. The molecular formula is C20H20N4O2. The second-order valence-corrected chi connectivity index (χ2v) is 6.34. The third kappa shape index (κ3) is 2.83. The number of anilines is 1. The van der Waals surface area contributed by atoms with Crippen LogP contribution in [0.1, 0.15) is 22.3 Å². The Morgan fingerprint density at radius 3 is 2.81 bits per heavy atom. The normalized spacial score (nSPS) is 13.4. The first-order valence-corrected chi connectivity index (χ1v) is 8.61. The van der Waals surface area contributed by atoms with Crippen molar-refractivity contribution in [1.82, 2.24) is 14.8 Å². The predicted octanol–water partition coefficient (Wildman–Crippen LogP) is 3.08. The number of carbonyl (C=O) groups excluding carboxylic acids is 1. The molecule has 0 atom stereocenters. The lowest BCUT2D eigenvalue weighted by Crippen LogP contribution is -2.36. The van der Waals surface area contributed by atoms with Crippen LogP contribution in [0, 0.1) is 0 Å². The Morgan fingerprint density at radius 1 is 1.19 bits per heavy atom. The number of methoxy groups -OCH3 is 1. The molecule has 132 valence electrons. The number of aryl methyl sites for hydroxylation is 2. The van der Waals surface area contributed by atoms with Crippen molar-refractivity contribution in [3.05, 3.63) is 59.9 Å². The molecule has 1 aliphatic rings. The van der Waals surface area contributed by atoms with Crippen molar-refractivity contribution in [2.75, 3.05) is 18.6 Å². The Bertz CT molecular complexity index is 964. The Labute approximate surface area is 152 Å². The zero-order valence-corrected chi connectivity index (χ0v) is 14.8. The van der Waals surface area contributed by atoms with Crippen LogP contribution in [0.15, 0.2) is 48.8 Å². The molecule has 0 aliphatic carbocycles. The molecule has 3 heterocycles. The van der Waals surface area contributed by atoms with Crippen molar-refractivity contribution in [2.24, 2.45) is 7.05 Å². The second-order valence-electron chi connectivity index (χ2n) is 6.34. The third-order valence-electron chi connectivity index (χ3n) is 4.62. The van der Waals surface area contributed by atoms with E-state index in [1.807, 2.05) is 31.4 Å². The molecule has 3 aromatic rings. The number of fused-ring (bicyclic) bond motifs is 1. The molecule has 0 fully saturated rings. The first-order valence-electron chi connectivity index (χ1n) is 8.61. The summed E-state index contributed by atoms with van der Waals surface area (Å²) in [6.45, 7) is 0.646. The van der Waals surface area contributed by atoms with E-state index in [2.05, 4.69) is 11.2 Å². The molecule has 1 aromatic carbocycles. The van der Waals surface area contributed by atoms with Crippen LogP contribution < -0.4 is 9.64 Å². The van der Waals surface area contributed by atoms with E-state index >= 15 is 0 Å². The van der Waals surface area contributed by atoms with Crippen molar-refractivity contribution in [3.63, 3.8) is 0 Å². The summed E-state index contributed by atoms with van der Waals surface area (Å²) in [4.78, 5) is 19.7. The molecule has 0 unspecified atom stereocenters. The molecule has 0 bridgehead atoms. The molecule has 1 aliphatic heterocycles. The van der Waals surface area contributed by atoms with Crippen LogP contribution in [0.5, 0.6) is 5.75 Å². The van der Waals surface area contributed by atoms with Gasteiger partial charge in [0.05, 0.1) is 24.6 Å². The fourth-order valence-electron chi connectivity index (χ4n) is 3.32. The van der Waals surface area contributed by atoms with E-state index in [1.165, 1.54) is 0 Å². The number of rotatable bonds is 3. The Morgan fingerprint density at radius 2 is 2.04 bits per heavy atom. The number of hydrogen-bond donors (Lipinski definition) is 0. The number of benzene rings is 1. The Kier molecular flexibility index (Phi) is 4.16. The van der Waals surface area contributed by atoms with Gasteiger partial charge in [0.2, 0.25) is 0 Å². The van der Waals surface area contributed by atoms with Gasteiger partial charge in [-0.1, -0.05) is 18.2 Å². The van der Waals surface area contributed by atoms with Gasteiger partial charge in [-0.2, -0.15) is 5.10 Å². The van der Waals surface area contributed by atoms with Gasteiger partial charge in [-0.25, -0.2) is 4.98 Å². The molecule has 6 heteroatoms. The summed E-state index contributed by atoms with van der Waals surface area (Å²) in [6, 6.07) is 11.4. The number of para-hydroxylation sites is 1. The fraction of sp³-hybridized carbons (Fsp3) is 0.250. The second kappa shape index (κ2) is 6.63. The zero-order chi connectivity index (χ0) is 18.1. The van der Waals surface area contributed by atoms with E-state index in [9.17, 15) is 4.79 Å². The average Bonchev–Trinajstić information content (AvgIpc) is 3.13. The number of carbonyl (C=O) groups is 1. The van der Waals surface area contributed by atoms with E-state index in [0.717, 1.165) is 35.5 Å². The van der Waals surface area contributed by atoms with Crippen LogP contribution in [-0.2, 0) is 13.5 Å². The number of amides is 1. The topological polar surface area (TPSA) is 60.2 Å². The molecular weight excluding hydrogens is 328 g/mol. The van der Waals surface area contributed by atoms with Crippen LogP contribution in [0.2, 0.25) is 0 Å². The minimum absolute atomic E-state index is 0.0840. The van der Waals surface area contributed by atoms with E-state index in [4.69, 9.17) is 9.72 Å². The molecule has 26 heavy (non-hydrogen) atoms. The van der Waals surface area contributed by atoms with Crippen LogP contribution in [-0.4, -0.2) is 34.3 Å². The van der Waals surface area contributed by atoms with Crippen molar-refractivity contribution in [3.8, 4) is 17.0 Å². The standard InChI is InChI=1S/C20H20N4O2/c1-23-13-15(12-21-23)17-10-9-14-6-5-11-24(19(14)22-17)20(25)16-7-3-4-8-18(16)26-2/h3-4,7-10,12-13H,5-6,11H2,1-2H3. The van der Waals surface area contributed by atoms with Gasteiger partial charge < -0.3 is 4.74 Å². The monoisotopic (exact) mass is 348 g/mol. The van der Waals surface area contributed by atoms with Gasteiger partial charge in [0.15, 0.2) is 0 Å². The first kappa shape index (κ1) is 16.3. The zero-order valence-electron chi connectivity index (χ0n) is 14.8. The first-order chi connectivity index (χ1) is 12.7. The number of ether oxygens (including phenoxy) is 1. The molecule has 0 spiro atoms. The van der Waals surface area contributed by atoms with Crippen LogP contribution >= 0.6 is 0 Å². The summed E-state index contributed by atoms with van der Waals surface area (Å²) >= 11 is 0. The molecule has 0 radical (unpaired) electrons. The highest BCUT2D eigenvalue weighted by atomic mass is 16.5. The number of nitrogens with zero attached hydrogens (tertiary/aromatic N) is 4. The summed E-state index contributed by atoms with van der Waals surface area (Å²) in [6.07, 6.45) is 5.54. The van der Waals surface area contributed by atoms with Gasteiger partial charge in [-0.15, -0.1) is 0 Å². The lowest BCUT2D eigenvalue weighted by Gasteiger charge is -2.29. The molecule has 0 saturated carbocycles. The van der Waals surface area contributed by atoms with Crippen LogP contribution in [0.4, 0.5) is 5.82 Å². The summed E-state index contributed by atoms with van der Waals surface area (Å²) in [5.74, 6) is 1.22. The van der Waals surface area contributed by atoms with E-state index < -0.39 is 0 Å². The SMILES string of the molecule is COc1ccccc1C(=O)N1CCCc2ccc(-c3cnn(C)c3)nc21. The largest absolute Gasteiger partial charge is 0.496 e. The third-order valence-corrected chi connectivity index (χ3v) is 4.62. The van der Waals surface area contributed by atoms with Crippen molar-refractivity contribution in [2.45, 2.75) is 12.8 Å². The summed E-state index contributed by atoms with van der Waals surface area (Å²) < 4.78 is 7.11. The quantitative estimate of drug-likeness (QED) is 0.730. The van der Waals surface area contributed by atoms with Gasteiger partial charge in [-0.3, -0.25) is 14.4 Å². The maximum absolute atomic E-state index is 13.2. The van der Waals surface area contributed by atoms with Gasteiger partial charge in [0.25, 0.3) is 5.91 Å². The average molecular weight is 348 g/mol. The summed E-state index contributed by atoms with van der Waals surface area (Å²) in [7, 11) is 3.45. The van der Waals surface area contributed by atoms with Gasteiger partial charge in [0, 0.05) is 25.4 Å². The highest BCUT2D eigenvalue weighted by Gasteiger charge is 2.27. The van der Waals surface area contributed by atoms with E-state index in [1.54, 1.807) is 35.0 Å². The minimum Gasteiger partial charge on any atom is -0.496 e. The van der Waals surface area contributed by atoms with Crippen LogP contribution in [0.25, 0.3) is 11.3 Å². The Hall–Kier alpha value is -3.15. The molecule has 6 nitrogen and oxygen atoms in total. The molecule has 2 aromatic heterocycles.